The maximum atomic E-state index is 9.39. The van der Waals surface area contributed by atoms with Crippen LogP contribution in [0.15, 0.2) is 30.3 Å². The van der Waals surface area contributed by atoms with Gasteiger partial charge >= 0.3 is 0 Å². The van der Waals surface area contributed by atoms with Crippen LogP contribution in [0.3, 0.4) is 0 Å². The van der Waals surface area contributed by atoms with E-state index in [2.05, 4.69) is 29.2 Å². The van der Waals surface area contributed by atoms with Crippen LogP contribution in [0.1, 0.15) is 38.7 Å². The minimum Gasteiger partial charge on any atom is -0.396 e. The first-order valence-electron chi connectivity index (χ1n) is 8.31. The Morgan fingerprint density at radius 2 is 2.00 bits per heavy atom. The van der Waals surface area contributed by atoms with E-state index in [1.54, 1.807) is 0 Å². The Bertz CT molecular complexity index is 476. The molecule has 0 radical (unpaired) electrons. The van der Waals surface area contributed by atoms with Crippen molar-refractivity contribution in [1.82, 2.24) is 4.90 Å². The molecule has 0 aliphatic carbocycles. The molecule has 0 amide bonds. The maximum absolute atomic E-state index is 9.39. The Balaban J connectivity index is 1.77. The molecule has 2 aliphatic heterocycles. The summed E-state index contributed by atoms with van der Waals surface area (Å²) in [5.74, 6) is -0.483. The van der Waals surface area contributed by atoms with Crippen LogP contribution in [0.4, 0.5) is 0 Å². The molecule has 0 spiro atoms. The highest BCUT2D eigenvalue weighted by atomic mass is 16.7. The van der Waals surface area contributed by atoms with Crippen LogP contribution in [0, 0.1) is 0 Å². The van der Waals surface area contributed by atoms with Gasteiger partial charge in [0.25, 0.3) is 0 Å². The maximum Gasteiger partial charge on any atom is 0.163 e. The Hall–Kier alpha value is -0.940. The molecule has 0 aromatic heterocycles. The third-order valence-corrected chi connectivity index (χ3v) is 4.82. The lowest BCUT2D eigenvalue weighted by molar-refractivity contribution is -0.305. The highest BCUT2D eigenvalue weighted by molar-refractivity contribution is 5.15. The third kappa shape index (κ3) is 3.51. The first kappa shape index (κ1) is 15.9. The predicted molar refractivity (Wildman–Crippen MR) is 85.4 cm³/mol. The number of hydrogen-bond donors (Lipinski definition) is 1. The van der Waals surface area contributed by atoms with Gasteiger partial charge in [-0.2, -0.15) is 0 Å². The van der Waals surface area contributed by atoms with Gasteiger partial charge in [-0.3, -0.25) is 4.90 Å². The monoisotopic (exact) mass is 305 g/mol. The number of rotatable bonds is 4. The summed E-state index contributed by atoms with van der Waals surface area (Å²) in [6.07, 6.45) is 3.17. The van der Waals surface area contributed by atoms with Gasteiger partial charge in [-0.25, -0.2) is 0 Å². The first-order valence-corrected chi connectivity index (χ1v) is 8.31. The lowest BCUT2D eigenvalue weighted by Gasteiger charge is -2.51. The van der Waals surface area contributed by atoms with E-state index in [-0.39, 0.29) is 18.8 Å². The van der Waals surface area contributed by atoms with Gasteiger partial charge in [-0.05, 0) is 38.7 Å². The number of aliphatic hydroxyl groups is 1. The van der Waals surface area contributed by atoms with E-state index in [4.69, 9.17) is 9.47 Å². The van der Waals surface area contributed by atoms with Crippen LogP contribution in [0.25, 0.3) is 0 Å². The van der Waals surface area contributed by atoms with E-state index in [1.807, 2.05) is 19.9 Å². The van der Waals surface area contributed by atoms with Crippen molar-refractivity contribution in [2.45, 2.75) is 63.6 Å². The summed E-state index contributed by atoms with van der Waals surface area (Å²) in [5, 5.41) is 9.39. The fourth-order valence-corrected chi connectivity index (χ4v) is 3.72. The first-order chi connectivity index (χ1) is 10.6. The number of aliphatic hydroxyl groups excluding tert-OH is 1. The molecule has 4 heteroatoms. The molecule has 0 bridgehead atoms. The van der Waals surface area contributed by atoms with E-state index in [1.165, 1.54) is 5.56 Å². The second-order valence-electron chi connectivity index (χ2n) is 6.84. The molecule has 3 atom stereocenters. The summed E-state index contributed by atoms with van der Waals surface area (Å²) in [6, 6.07) is 11.2. The van der Waals surface area contributed by atoms with Gasteiger partial charge in [0.05, 0.1) is 18.8 Å². The lowest BCUT2D eigenvalue weighted by Crippen LogP contribution is -2.61. The molecule has 22 heavy (non-hydrogen) atoms. The Morgan fingerprint density at radius 1 is 1.23 bits per heavy atom. The van der Waals surface area contributed by atoms with E-state index < -0.39 is 5.79 Å². The van der Waals surface area contributed by atoms with Gasteiger partial charge in [0.2, 0.25) is 0 Å². The smallest absolute Gasteiger partial charge is 0.163 e. The molecule has 1 aromatic carbocycles. The van der Waals surface area contributed by atoms with Crippen LogP contribution >= 0.6 is 0 Å². The molecule has 2 heterocycles. The molecule has 0 saturated carbocycles. The molecule has 3 rings (SSSR count). The molecule has 122 valence electrons. The SMILES string of the molecule is CC1(C)OC[C@H]2[C@@H](CC[C@H](CCO)N2Cc2ccccc2)O1. The zero-order valence-electron chi connectivity index (χ0n) is 13.6. The van der Waals surface area contributed by atoms with Crippen molar-refractivity contribution in [3.63, 3.8) is 0 Å². The van der Waals surface area contributed by atoms with E-state index in [0.29, 0.717) is 12.6 Å². The van der Waals surface area contributed by atoms with Gasteiger partial charge in [0, 0.05) is 19.2 Å². The number of likely N-dealkylation sites (tertiary alicyclic amines) is 1. The summed E-state index contributed by atoms with van der Waals surface area (Å²) in [6.45, 7) is 5.81. The number of hydrogen-bond acceptors (Lipinski definition) is 4. The molecular formula is C18H27NO3. The van der Waals surface area contributed by atoms with Gasteiger partial charge in [-0.15, -0.1) is 0 Å². The fraction of sp³-hybridized carbons (Fsp3) is 0.667. The van der Waals surface area contributed by atoms with Crippen molar-refractivity contribution >= 4 is 0 Å². The predicted octanol–water partition coefficient (Wildman–Crippen LogP) is 2.55. The Labute approximate surface area is 133 Å². The minimum atomic E-state index is -0.483. The van der Waals surface area contributed by atoms with Gasteiger partial charge in [-0.1, -0.05) is 30.3 Å². The third-order valence-electron chi connectivity index (χ3n) is 4.82. The second kappa shape index (κ2) is 6.67. The highest BCUT2D eigenvalue weighted by Crippen LogP contribution is 2.35. The number of ether oxygens (including phenoxy) is 2. The number of piperidine rings is 1. The largest absolute Gasteiger partial charge is 0.396 e. The van der Waals surface area contributed by atoms with Crippen LogP contribution in [-0.2, 0) is 16.0 Å². The molecule has 1 aromatic rings. The highest BCUT2D eigenvalue weighted by Gasteiger charge is 2.44. The Kier molecular flexibility index (Phi) is 4.83. The van der Waals surface area contributed by atoms with Crippen molar-refractivity contribution in [2.24, 2.45) is 0 Å². The van der Waals surface area contributed by atoms with Gasteiger partial charge < -0.3 is 14.6 Å². The fourth-order valence-electron chi connectivity index (χ4n) is 3.72. The van der Waals surface area contributed by atoms with Crippen molar-refractivity contribution in [2.75, 3.05) is 13.2 Å². The zero-order valence-corrected chi connectivity index (χ0v) is 13.6. The molecule has 1 N–H and O–H groups in total. The van der Waals surface area contributed by atoms with Crippen molar-refractivity contribution in [3.8, 4) is 0 Å². The van der Waals surface area contributed by atoms with E-state index >= 15 is 0 Å². The normalized spacial score (nSPS) is 31.7. The van der Waals surface area contributed by atoms with Crippen LogP contribution in [0.5, 0.6) is 0 Å². The molecular weight excluding hydrogens is 278 g/mol. The molecule has 0 unspecified atom stereocenters. The van der Waals surface area contributed by atoms with Crippen LogP contribution < -0.4 is 0 Å². The second-order valence-corrected chi connectivity index (χ2v) is 6.84. The lowest BCUT2D eigenvalue weighted by atomic mass is 9.90. The zero-order chi connectivity index (χ0) is 15.6. The minimum absolute atomic E-state index is 0.224. The molecule has 4 nitrogen and oxygen atoms in total. The number of benzene rings is 1. The quantitative estimate of drug-likeness (QED) is 0.928. The summed E-state index contributed by atoms with van der Waals surface area (Å²) in [7, 11) is 0. The summed E-state index contributed by atoms with van der Waals surface area (Å²) < 4.78 is 12.0. The molecule has 2 fully saturated rings. The average molecular weight is 305 g/mol. The van der Waals surface area contributed by atoms with Crippen molar-refractivity contribution in [3.05, 3.63) is 35.9 Å². The van der Waals surface area contributed by atoms with Crippen molar-refractivity contribution < 1.29 is 14.6 Å². The number of nitrogens with zero attached hydrogens (tertiary/aromatic N) is 1. The summed E-state index contributed by atoms with van der Waals surface area (Å²) >= 11 is 0. The van der Waals surface area contributed by atoms with E-state index in [0.717, 1.165) is 25.8 Å². The van der Waals surface area contributed by atoms with E-state index in [9.17, 15) is 5.11 Å². The molecule has 2 saturated heterocycles. The van der Waals surface area contributed by atoms with Crippen molar-refractivity contribution in [1.29, 1.82) is 0 Å². The van der Waals surface area contributed by atoms with Gasteiger partial charge in [0.15, 0.2) is 5.79 Å². The Morgan fingerprint density at radius 3 is 2.73 bits per heavy atom. The summed E-state index contributed by atoms with van der Waals surface area (Å²) in [5.41, 5.74) is 1.30. The molecule has 2 aliphatic rings. The topological polar surface area (TPSA) is 41.9 Å². The van der Waals surface area contributed by atoms with Gasteiger partial charge in [0.1, 0.15) is 0 Å². The van der Waals surface area contributed by atoms with Crippen LogP contribution in [0.2, 0.25) is 0 Å². The summed E-state index contributed by atoms with van der Waals surface area (Å²) in [4.78, 5) is 2.48. The average Bonchev–Trinajstić information content (AvgIpc) is 2.50. The van der Waals surface area contributed by atoms with Crippen LogP contribution in [-0.4, -0.2) is 47.2 Å². The number of fused-ring (bicyclic) bond motifs is 1. The standard InChI is InChI=1S/C18H27NO3/c1-18(2)21-13-16-17(22-18)9-8-15(10-11-20)19(16)12-14-6-4-3-5-7-14/h3-7,15-17,20H,8-13H2,1-2H3/t15-,16+,17-/m1/s1.